The molecular formula is C6H10N4O4S. The van der Waals surface area contributed by atoms with E-state index in [1.807, 2.05) is 0 Å². The van der Waals surface area contributed by atoms with Crippen molar-refractivity contribution in [3.05, 3.63) is 6.20 Å². The van der Waals surface area contributed by atoms with Gasteiger partial charge in [0.15, 0.2) is 12.4 Å². The third-order valence-corrected chi connectivity index (χ3v) is 2.73. The lowest BCUT2D eigenvalue weighted by molar-refractivity contribution is -0.138. The molecule has 0 aromatic carbocycles. The molecule has 0 radical (unpaired) electrons. The van der Waals surface area contributed by atoms with E-state index < -0.39 is 22.5 Å². The van der Waals surface area contributed by atoms with Gasteiger partial charge in [-0.05, 0) is 6.92 Å². The summed E-state index contributed by atoms with van der Waals surface area (Å²) in [5.74, 6) is -1.17. The number of aliphatic carboxylic acids is 1. The van der Waals surface area contributed by atoms with Crippen LogP contribution in [0, 0.1) is 0 Å². The molecule has 1 heterocycles. The molecule has 0 aliphatic rings. The summed E-state index contributed by atoms with van der Waals surface area (Å²) in [4.78, 5) is 11.2. The highest BCUT2D eigenvalue weighted by molar-refractivity contribution is 7.92. The molecule has 0 amide bonds. The second-order valence-electron chi connectivity index (χ2n) is 2.66. The Kier molecular flexibility index (Phi) is 3.24. The average Bonchev–Trinajstić information content (AvgIpc) is 2.50. The summed E-state index contributed by atoms with van der Waals surface area (Å²) in [6.07, 6.45) is 1.15. The molecule has 1 aromatic heterocycles. The van der Waals surface area contributed by atoms with Gasteiger partial charge in [-0.15, -0.1) is 5.10 Å². The predicted octanol–water partition coefficient (Wildman–Crippen LogP) is -0.876. The van der Waals surface area contributed by atoms with Crippen LogP contribution in [0.5, 0.6) is 0 Å². The Morgan fingerprint density at radius 3 is 2.87 bits per heavy atom. The first kappa shape index (κ1) is 11.4. The van der Waals surface area contributed by atoms with E-state index in [0.29, 0.717) is 0 Å². The highest BCUT2D eigenvalue weighted by atomic mass is 32.2. The Balaban J connectivity index is 2.73. The minimum Gasteiger partial charge on any atom is -0.480 e. The number of aromatic nitrogens is 3. The summed E-state index contributed by atoms with van der Waals surface area (Å²) >= 11 is 0. The van der Waals surface area contributed by atoms with Crippen molar-refractivity contribution in [2.24, 2.45) is 0 Å². The fourth-order valence-electron chi connectivity index (χ4n) is 0.773. The zero-order chi connectivity index (χ0) is 11.5. The normalized spacial score (nSPS) is 11.3. The van der Waals surface area contributed by atoms with Gasteiger partial charge in [0.05, 0.1) is 11.9 Å². The maximum atomic E-state index is 11.1. The molecule has 0 aliphatic carbocycles. The zero-order valence-electron chi connectivity index (χ0n) is 7.91. The highest BCUT2D eigenvalue weighted by Gasteiger charge is 2.10. The maximum Gasteiger partial charge on any atom is 0.327 e. The molecule has 0 spiro atoms. The van der Waals surface area contributed by atoms with Gasteiger partial charge in [0.25, 0.3) is 0 Å². The largest absolute Gasteiger partial charge is 0.480 e. The van der Waals surface area contributed by atoms with Crippen molar-refractivity contribution < 1.29 is 18.3 Å². The van der Waals surface area contributed by atoms with Crippen molar-refractivity contribution in [2.45, 2.75) is 13.5 Å². The molecule has 9 heteroatoms. The van der Waals surface area contributed by atoms with Crippen LogP contribution in [0.3, 0.4) is 0 Å². The molecule has 0 unspecified atom stereocenters. The van der Waals surface area contributed by atoms with Crippen LogP contribution in [-0.2, 0) is 21.4 Å². The number of carboxylic acid groups (broad SMARTS) is 1. The van der Waals surface area contributed by atoms with Crippen LogP contribution in [0.1, 0.15) is 6.92 Å². The maximum absolute atomic E-state index is 11.1. The molecular weight excluding hydrogens is 224 g/mol. The van der Waals surface area contributed by atoms with Crippen LogP contribution in [0.2, 0.25) is 0 Å². The molecule has 0 atom stereocenters. The molecule has 1 aromatic rings. The van der Waals surface area contributed by atoms with Gasteiger partial charge in [-0.1, -0.05) is 0 Å². The predicted molar refractivity (Wildman–Crippen MR) is 50.7 cm³/mol. The zero-order valence-corrected chi connectivity index (χ0v) is 8.73. The SMILES string of the molecule is CCS(=O)(=O)Nc1cnn(CC(=O)O)n1. The number of sulfonamides is 1. The smallest absolute Gasteiger partial charge is 0.327 e. The summed E-state index contributed by atoms with van der Waals surface area (Å²) in [6, 6.07) is 0. The lowest BCUT2D eigenvalue weighted by atomic mass is 10.7. The topological polar surface area (TPSA) is 114 Å². The van der Waals surface area contributed by atoms with Gasteiger partial charge in [-0.25, -0.2) is 8.42 Å². The number of nitrogens with zero attached hydrogens (tertiary/aromatic N) is 3. The van der Waals surface area contributed by atoms with Crippen LogP contribution in [0.15, 0.2) is 6.20 Å². The minimum atomic E-state index is -3.40. The fourth-order valence-corrected chi connectivity index (χ4v) is 1.33. The highest BCUT2D eigenvalue weighted by Crippen LogP contribution is 2.02. The first-order chi connectivity index (χ1) is 6.93. The summed E-state index contributed by atoms with van der Waals surface area (Å²) in [5.41, 5.74) is 0. The van der Waals surface area contributed by atoms with Crippen molar-refractivity contribution in [1.82, 2.24) is 15.0 Å². The van der Waals surface area contributed by atoms with Crippen molar-refractivity contribution in [1.29, 1.82) is 0 Å². The Morgan fingerprint density at radius 2 is 2.33 bits per heavy atom. The van der Waals surface area contributed by atoms with Crippen LogP contribution in [0.4, 0.5) is 5.82 Å². The second-order valence-corrected chi connectivity index (χ2v) is 4.67. The Morgan fingerprint density at radius 1 is 1.67 bits per heavy atom. The molecule has 15 heavy (non-hydrogen) atoms. The number of hydrogen-bond donors (Lipinski definition) is 2. The van der Waals surface area contributed by atoms with Gasteiger partial charge in [0.1, 0.15) is 0 Å². The summed E-state index contributed by atoms with van der Waals surface area (Å²) < 4.78 is 24.3. The number of carboxylic acids is 1. The fraction of sp³-hybridized carbons (Fsp3) is 0.500. The van der Waals surface area contributed by atoms with Gasteiger partial charge >= 0.3 is 5.97 Å². The van der Waals surface area contributed by atoms with Crippen molar-refractivity contribution in [3.63, 3.8) is 0 Å². The molecule has 2 N–H and O–H groups in total. The van der Waals surface area contributed by atoms with E-state index in [4.69, 9.17) is 5.11 Å². The minimum absolute atomic E-state index is 0.0121. The molecule has 0 saturated heterocycles. The van der Waals surface area contributed by atoms with Crippen molar-refractivity contribution in [3.8, 4) is 0 Å². The Hall–Kier alpha value is -1.64. The number of carbonyl (C=O) groups is 1. The van der Waals surface area contributed by atoms with E-state index in [9.17, 15) is 13.2 Å². The van der Waals surface area contributed by atoms with Crippen LogP contribution in [0.25, 0.3) is 0 Å². The van der Waals surface area contributed by atoms with Gasteiger partial charge in [0.2, 0.25) is 10.0 Å². The van der Waals surface area contributed by atoms with E-state index in [2.05, 4.69) is 14.9 Å². The quantitative estimate of drug-likeness (QED) is 0.684. The first-order valence-electron chi connectivity index (χ1n) is 4.05. The molecule has 0 aliphatic heterocycles. The standard InChI is InChI=1S/C6H10N4O4S/c1-2-15(13,14)9-5-3-7-10(8-5)4-6(11)12/h3H,2,4H2,1H3,(H,8,9)(H,11,12). The molecule has 0 bridgehead atoms. The lowest BCUT2D eigenvalue weighted by Crippen LogP contribution is -2.16. The molecule has 84 valence electrons. The summed E-state index contributed by atoms with van der Waals surface area (Å²) in [7, 11) is -3.40. The third kappa shape index (κ3) is 3.54. The number of anilines is 1. The monoisotopic (exact) mass is 234 g/mol. The van der Waals surface area contributed by atoms with Gasteiger partial charge in [-0.2, -0.15) is 9.90 Å². The number of rotatable bonds is 5. The second kappa shape index (κ2) is 4.26. The average molecular weight is 234 g/mol. The molecule has 0 fully saturated rings. The van der Waals surface area contributed by atoms with Crippen molar-refractivity contribution >= 4 is 21.8 Å². The molecule has 0 saturated carbocycles. The number of hydrogen-bond acceptors (Lipinski definition) is 5. The van der Waals surface area contributed by atoms with E-state index >= 15 is 0 Å². The van der Waals surface area contributed by atoms with Gasteiger partial charge in [0, 0.05) is 0 Å². The Bertz CT molecular complexity index is 451. The van der Waals surface area contributed by atoms with Gasteiger partial charge < -0.3 is 5.11 Å². The third-order valence-electron chi connectivity index (χ3n) is 1.45. The van der Waals surface area contributed by atoms with Crippen molar-refractivity contribution in [2.75, 3.05) is 10.5 Å². The summed E-state index contributed by atoms with van der Waals surface area (Å²) in [5, 5.41) is 15.6. The summed E-state index contributed by atoms with van der Waals surface area (Å²) in [6.45, 7) is 1.07. The van der Waals surface area contributed by atoms with Crippen LogP contribution >= 0.6 is 0 Å². The van der Waals surface area contributed by atoms with Crippen LogP contribution in [-0.4, -0.2) is 40.2 Å². The van der Waals surface area contributed by atoms with E-state index in [1.165, 1.54) is 6.92 Å². The lowest BCUT2D eigenvalue weighted by Gasteiger charge is -1.99. The van der Waals surface area contributed by atoms with E-state index in [1.54, 1.807) is 0 Å². The molecule has 1 rings (SSSR count). The number of nitrogens with one attached hydrogen (secondary N) is 1. The molecule has 8 nitrogen and oxygen atoms in total. The van der Waals surface area contributed by atoms with Gasteiger partial charge in [-0.3, -0.25) is 9.52 Å². The van der Waals surface area contributed by atoms with Crippen LogP contribution < -0.4 is 4.72 Å². The Labute approximate surface area is 86.0 Å². The van der Waals surface area contributed by atoms with E-state index in [-0.39, 0.29) is 11.6 Å². The van der Waals surface area contributed by atoms with E-state index in [0.717, 1.165) is 11.0 Å². The first-order valence-corrected chi connectivity index (χ1v) is 5.70.